The summed E-state index contributed by atoms with van der Waals surface area (Å²) in [4.78, 5) is 0. The van der Waals surface area contributed by atoms with E-state index in [-0.39, 0.29) is 0 Å². The molecule has 0 saturated heterocycles. The molecule has 0 saturated carbocycles. The first-order valence-corrected chi connectivity index (χ1v) is 6.15. The van der Waals surface area contributed by atoms with Crippen LogP contribution in [0.5, 0.6) is 0 Å². The molecular weight excluding hydrogens is 226 g/mol. The maximum absolute atomic E-state index is 5.13. The maximum atomic E-state index is 5.13. The third-order valence-corrected chi connectivity index (χ3v) is 2.76. The van der Waals surface area contributed by atoms with Gasteiger partial charge in [0.05, 0.1) is 18.5 Å². The van der Waals surface area contributed by atoms with Crippen molar-refractivity contribution in [1.29, 1.82) is 0 Å². The molecule has 0 aliphatic heterocycles. The molecule has 0 aliphatic carbocycles. The van der Waals surface area contributed by atoms with Crippen molar-refractivity contribution < 1.29 is 4.74 Å². The molecule has 0 atom stereocenters. The van der Waals surface area contributed by atoms with Crippen LogP contribution in [0.15, 0.2) is 36.7 Å². The van der Waals surface area contributed by atoms with E-state index in [1.54, 1.807) is 7.11 Å². The SMILES string of the molecule is CCn1cc(NCc2cccc(COC)c2)cn1. The van der Waals surface area contributed by atoms with E-state index in [4.69, 9.17) is 4.74 Å². The summed E-state index contributed by atoms with van der Waals surface area (Å²) in [6.07, 6.45) is 3.86. The third kappa shape index (κ3) is 3.34. The minimum Gasteiger partial charge on any atom is -0.380 e. The van der Waals surface area contributed by atoms with Crippen LogP contribution in [0.25, 0.3) is 0 Å². The molecular formula is C14H19N3O. The average Bonchev–Trinajstić information content (AvgIpc) is 2.85. The van der Waals surface area contributed by atoms with Crippen LogP contribution in [-0.2, 0) is 24.4 Å². The molecule has 2 rings (SSSR count). The molecule has 4 heteroatoms. The molecule has 1 N–H and O–H groups in total. The highest BCUT2D eigenvalue weighted by Crippen LogP contribution is 2.10. The lowest BCUT2D eigenvalue weighted by atomic mass is 10.1. The van der Waals surface area contributed by atoms with Crippen molar-refractivity contribution in [2.45, 2.75) is 26.6 Å². The molecule has 0 amide bonds. The van der Waals surface area contributed by atoms with Gasteiger partial charge in [0.25, 0.3) is 0 Å². The molecule has 0 aliphatic rings. The fourth-order valence-electron chi connectivity index (χ4n) is 1.83. The topological polar surface area (TPSA) is 39.1 Å². The lowest BCUT2D eigenvalue weighted by molar-refractivity contribution is 0.185. The maximum Gasteiger partial charge on any atom is 0.0729 e. The van der Waals surface area contributed by atoms with Crippen molar-refractivity contribution in [2.75, 3.05) is 12.4 Å². The van der Waals surface area contributed by atoms with Gasteiger partial charge in [-0.25, -0.2) is 0 Å². The smallest absolute Gasteiger partial charge is 0.0729 e. The van der Waals surface area contributed by atoms with Crippen molar-refractivity contribution in [2.24, 2.45) is 0 Å². The highest BCUT2D eigenvalue weighted by atomic mass is 16.5. The van der Waals surface area contributed by atoms with Crippen LogP contribution in [0.4, 0.5) is 5.69 Å². The van der Waals surface area contributed by atoms with Gasteiger partial charge in [0, 0.05) is 26.4 Å². The van der Waals surface area contributed by atoms with Gasteiger partial charge in [-0.15, -0.1) is 0 Å². The Morgan fingerprint density at radius 3 is 2.89 bits per heavy atom. The largest absolute Gasteiger partial charge is 0.380 e. The second kappa shape index (κ2) is 6.21. The van der Waals surface area contributed by atoms with E-state index in [1.165, 1.54) is 11.1 Å². The van der Waals surface area contributed by atoms with Crippen molar-refractivity contribution >= 4 is 5.69 Å². The summed E-state index contributed by atoms with van der Waals surface area (Å²) in [7, 11) is 1.71. The van der Waals surface area contributed by atoms with Crippen molar-refractivity contribution in [3.05, 3.63) is 47.8 Å². The molecule has 2 aromatic rings. The number of nitrogens with zero attached hydrogens (tertiary/aromatic N) is 2. The lowest BCUT2D eigenvalue weighted by Crippen LogP contribution is -1.99. The fourth-order valence-corrected chi connectivity index (χ4v) is 1.83. The summed E-state index contributed by atoms with van der Waals surface area (Å²) >= 11 is 0. The van der Waals surface area contributed by atoms with Gasteiger partial charge < -0.3 is 10.1 Å². The van der Waals surface area contributed by atoms with E-state index in [0.29, 0.717) is 6.61 Å². The molecule has 0 bridgehead atoms. The Bertz CT molecular complexity index is 493. The second-order valence-electron chi connectivity index (χ2n) is 4.19. The van der Waals surface area contributed by atoms with Gasteiger partial charge in [0.15, 0.2) is 0 Å². The van der Waals surface area contributed by atoms with Crippen LogP contribution in [0.1, 0.15) is 18.1 Å². The number of aromatic nitrogens is 2. The average molecular weight is 245 g/mol. The van der Waals surface area contributed by atoms with Crippen molar-refractivity contribution in [3.8, 4) is 0 Å². The zero-order valence-electron chi connectivity index (χ0n) is 10.9. The molecule has 1 aromatic heterocycles. The number of anilines is 1. The molecule has 1 aromatic carbocycles. The van der Waals surface area contributed by atoms with Crippen LogP contribution in [0, 0.1) is 0 Å². The van der Waals surface area contributed by atoms with E-state index in [2.05, 4.69) is 41.6 Å². The highest BCUT2D eigenvalue weighted by Gasteiger charge is 1.98. The fraction of sp³-hybridized carbons (Fsp3) is 0.357. The third-order valence-electron chi connectivity index (χ3n) is 2.76. The Kier molecular flexibility index (Phi) is 4.36. The molecule has 0 unspecified atom stereocenters. The summed E-state index contributed by atoms with van der Waals surface area (Å²) < 4.78 is 7.04. The number of benzene rings is 1. The van der Waals surface area contributed by atoms with E-state index in [9.17, 15) is 0 Å². The standard InChI is InChI=1S/C14H19N3O/c1-3-17-10-14(9-16-17)15-8-12-5-4-6-13(7-12)11-18-2/h4-7,9-10,15H,3,8,11H2,1-2H3. The van der Waals surface area contributed by atoms with E-state index in [0.717, 1.165) is 18.8 Å². The van der Waals surface area contributed by atoms with Gasteiger partial charge in [-0.2, -0.15) is 5.10 Å². The van der Waals surface area contributed by atoms with Gasteiger partial charge in [-0.1, -0.05) is 24.3 Å². The first kappa shape index (κ1) is 12.6. The number of aryl methyl sites for hydroxylation is 1. The molecule has 1 heterocycles. The van der Waals surface area contributed by atoms with Crippen LogP contribution in [0.3, 0.4) is 0 Å². The number of methoxy groups -OCH3 is 1. The van der Waals surface area contributed by atoms with Crippen LogP contribution in [0.2, 0.25) is 0 Å². The Labute approximate surface area is 108 Å². The Morgan fingerprint density at radius 1 is 1.33 bits per heavy atom. The Balaban J connectivity index is 1.94. The number of nitrogens with one attached hydrogen (secondary N) is 1. The molecule has 18 heavy (non-hydrogen) atoms. The summed E-state index contributed by atoms with van der Waals surface area (Å²) in [6, 6.07) is 8.39. The van der Waals surface area contributed by atoms with E-state index < -0.39 is 0 Å². The lowest BCUT2D eigenvalue weighted by Gasteiger charge is -2.06. The monoisotopic (exact) mass is 245 g/mol. The number of hydrogen-bond acceptors (Lipinski definition) is 3. The van der Waals surface area contributed by atoms with Crippen LogP contribution in [-0.4, -0.2) is 16.9 Å². The molecule has 0 radical (unpaired) electrons. The van der Waals surface area contributed by atoms with E-state index >= 15 is 0 Å². The second-order valence-corrected chi connectivity index (χ2v) is 4.19. The summed E-state index contributed by atoms with van der Waals surface area (Å²) in [5.41, 5.74) is 3.49. The Morgan fingerprint density at radius 2 is 2.17 bits per heavy atom. The predicted molar refractivity (Wildman–Crippen MR) is 72.4 cm³/mol. The van der Waals surface area contributed by atoms with Gasteiger partial charge in [0.1, 0.15) is 0 Å². The van der Waals surface area contributed by atoms with Gasteiger partial charge >= 0.3 is 0 Å². The first-order valence-electron chi connectivity index (χ1n) is 6.15. The molecule has 0 fully saturated rings. The zero-order chi connectivity index (χ0) is 12.8. The number of hydrogen-bond donors (Lipinski definition) is 1. The van der Waals surface area contributed by atoms with Crippen LogP contribution >= 0.6 is 0 Å². The van der Waals surface area contributed by atoms with E-state index in [1.807, 2.05) is 17.1 Å². The van der Waals surface area contributed by atoms with Gasteiger partial charge in [-0.05, 0) is 18.1 Å². The zero-order valence-corrected chi connectivity index (χ0v) is 10.9. The summed E-state index contributed by atoms with van der Waals surface area (Å²) in [5, 5.41) is 7.59. The first-order chi connectivity index (χ1) is 8.81. The number of rotatable bonds is 6. The minimum atomic E-state index is 0.654. The minimum absolute atomic E-state index is 0.654. The highest BCUT2D eigenvalue weighted by molar-refractivity contribution is 5.39. The van der Waals surface area contributed by atoms with Gasteiger partial charge in [0.2, 0.25) is 0 Å². The van der Waals surface area contributed by atoms with Crippen molar-refractivity contribution in [1.82, 2.24) is 9.78 Å². The molecule has 0 spiro atoms. The number of ether oxygens (including phenoxy) is 1. The summed E-state index contributed by atoms with van der Waals surface area (Å²) in [5.74, 6) is 0. The summed E-state index contributed by atoms with van der Waals surface area (Å²) in [6.45, 7) is 4.42. The van der Waals surface area contributed by atoms with Crippen LogP contribution < -0.4 is 5.32 Å². The quantitative estimate of drug-likeness (QED) is 0.850. The Hall–Kier alpha value is -1.81. The van der Waals surface area contributed by atoms with Crippen molar-refractivity contribution in [3.63, 3.8) is 0 Å². The predicted octanol–water partition coefficient (Wildman–Crippen LogP) is 2.66. The molecule has 4 nitrogen and oxygen atoms in total. The van der Waals surface area contributed by atoms with Gasteiger partial charge in [-0.3, -0.25) is 4.68 Å². The molecule has 96 valence electrons. The normalized spacial score (nSPS) is 10.6.